The van der Waals surface area contributed by atoms with Crippen molar-refractivity contribution in [2.75, 3.05) is 13.2 Å². The minimum absolute atomic E-state index is 0.0832. The van der Waals surface area contributed by atoms with Crippen LogP contribution >= 0.6 is 0 Å². The summed E-state index contributed by atoms with van der Waals surface area (Å²) < 4.78 is 5.86. The van der Waals surface area contributed by atoms with Crippen LogP contribution in [0.15, 0.2) is 24.3 Å². The molecule has 5 nitrogen and oxygen atoms in total. The maximum atomic E-state index is 10.8. The molecule has 0 aliphatic heterocycles. The highest BCUT2D eigenvalue weighted by Crippen LogP contribution is 2.20. The van der Waals surface area contributed by atoms with Crippen LogP contribution in [0.25, 0.3) is 0 Å². The van der Waals surface area contributed by atoms with E-state index in [1.165, 1.54) is 38.2 Å². The first-order valence-corrected chi connectivity index (χ1v) is 7.76. The number of hydrogen-bond acceptors (Lipinski definition) is 4. The molecule has 5 heteroatoms. The van der Waals surface area contributed by atoms with E-state index in [0.29, 0.717) is 12.7 Å². The second-order valence-electron chi connectivity index (χ2n) is 5.66. The fraction of sp³-hybridized carbons (Fsp3) is 0.625. The molecule has 1 unspecified atom stereocenters. The maximum absolute atomic E-state index is 10.8. The van der Waals surface area contributed by atoms with Gasteiger partial charge in [-0.15, -0.1) is 0 Å². The van der Waals surface area contributed by atoms with Crippen LogP contribution in [-0.2, 0) is 4.74 Å². The summed E-state index contributed by atoms with van der Waals surface area (Å²) in [6.07, 6.45) is 6.68. The second-order valence-corrected chi connectivity index (χ2v) is 5.66. The molecule has 0 heterocycles. The van der Waals surface area contributed by atoms with Crippen LogP contribution < -0.4 is 5.32 Å². The van der Waals surface area contributed by atoms with Crippen molar-refractivity contribution < 1.29 is 9.66 Å². The highest BCUT2D eigenvalue weighted by Gasteiger charge is 2.14. The molecular weight excluding hydrogens is 268 g/mol. The maximum Gasteiger partial charge on any atom is 0.269 e. The fourth-order valence-corrected chi connectivity index (χ4v) is 2.76. The molecule has 0 amide bonds. The van der Waals surface area contributed by atoms with Crippen LogP contribution in [0, 0.1) is 10.1 Å². The third-order valence-electron chi connectivity index (χ3n) is 4.04. The smallest absolute Gasteiger partial charge is 0.269 e. The SMILES string of the molecule is CC(NCCOC1CCCCC1)c1cccc([N+](=O)[O-])c1. The minimum Gasteiger partial charge on any atom is -0.377 e. The Kier molecular flexibility index (Phi) is 6.14. The van der Waals surface area contributed by atoms with Gasteiger partial charge in [0.25, 0.3) is 5.69 Å². The Bertz CT molecular complexity index is 459. The van der Waals surface area contributed by atoms with Crippen molar-refractivity contribution >= 4 is 5.69 Å². The molecule has 0 radical (unpaired) electrons. The van der Waals surface area contributed by atoms with Gasteiger partial charge in [0, 0.05) is 24.7 Å². The lowest BCUT2D eigenvalue weighted by atomic mass is 9.98. The normalized spacial score (nSPS) is 17.6. The quantitative estimate of drug-likeness (QED) is 0.474. The molecule has 1 N–H and O–H groups in total. The average molecular weight is 292 g/mol. The Balaban J connectivity index is 1.72. The molecule has 1 saturated carbocycles. The van der Waals surface area contributed by atoms with Gasteiger partial charge in [0.05, 0.1) is 17.6 Å². The zero-order chi connectivity index (χ0) is 15.1. The number of rotatable bonds is 7. The molecule has 1 aliphatic carbocycles. The first-order valence-electron chi connectivity index (χ1n) is 7.76. The number of nitro benzene ring substituents is 1. The predicted molar refractivity (Wildman–Crippen MR) is 82.3 cm³/mol. The van der Waals surface area contributed by atoms with E-state index < -0.39 is 0 Å². The van der Waals surface area contributed by atoms with Crippen molar-refractivity contribution in [1.29, 1.82) is 0 Å². The Hall–Kier alpha value is -1.46. The molecule has 116 valence electrons. The highest BCUT2D eigenvalue weighted by atomic mass is 16.6. The van der Waals surface area contributed by atoms with Gasteiger partial charge in [0.2, 0.25) is 0 Å². The first-order chi connectivity index (χ1) is 10.2. The van der Waals surface area contributed by atoms with Gasteiger partial charge in [0.1, 0.15) is 0 Å². The second kappa shape index (κ2) is 8.10. The van der Waals surface area contributed by atoms with Gasteiger partial charge in [-0.05, 0) is 25.3 Å². The van der Waals surface area contributed by atoms with Crippen LogP contribution in [0.3, 0.4) is 0 Å². The number of nitro groups is 1. The van der Waals surface area contributed by atoms with Crippen LogP contribution in [0.1, 0.15) is 50.6 Å². The number of benzene rings is 1. The van der Waals surface area contributed by atoms with E-state index >= 15 is 0 Å². The van der Waals surface area contributed by atoms with E-state index in [2.05, 4.69) is 5.32 Å². The van der Waals surface area contributed by atoms with Crippen molar-refractivity contribution in [3.63, 3.8) is 0 Å². The van der Waals surface area contributed by atoms with Gasteiger partial charge in [-0.3, -0.25) is 10.1 Å². The van der Waals surface area contributed by atoms with Gasteiger partial charge >= 0.3 is 0 Å². The van der Waals surface area contributed by atoms with Gasteiger partial charge in [-0.2, -0.15) is 0 Å². The first kappa shape index (κ1) is 15.9. The summed E-state index contributed by atoms with van der Waals surface area (Å²) in [5, 5.41) is 14.1. The van der Waals surface area contributed by atoms with E-state index in [-0.39, 0.29) is 16.7 Å². The summed E-state index contributed by atoms with van der Waals surface area (Å²) in [6, 6.07) is 6.86. The topological polar surface area (TPSA) is 64.4 Å². The van der Waals surface area contributed by atoms with Crippen molar-refractivity contribution in [3.8, 4) is 0 Å². The average Bonchev–Trinajstić information content (AvgIpc) is 2.52. The van der Waals surface area contributed by atoms with E-state index in [1.54, 1.807) is 12.1 Å². The molecule has 1 aromatic carbocycles. The van der Waals surface area contributed by atoms with E-state index in [0.717, 1.165) is 12.1 Å². The standard InChI is InChI=1S/C16H24N2O3/c1-13(14-6-5-7-15(12-14)18(19)20)17-10-11-21-16-8-3-2-4-9-16/h5-7,12-13,16-17H,2-4,8-11H2,1H3. The van der Waals surface area contributed by atoms with Crippen LogP contribution in [-0.4, -0.2) is 24.2 Å². The monoisotopic (exact) mass is 292 g/mol. The number of nitrogens with zero attached hydrogens (tertiary/aromatic N) is 1. The zero-order valence-corrected chi connectivity index (χ0v) is 12.6. The molecule has 0 aromatic heterocycles. The summed E-state index contributed by atoms with van der Waals surface area (Å²) >= 11 is 0. The molecule has 1 aromatic rings. The molecule has 21 heavy (non-hydrogen) atoms. The van der Waals surface area contributed by atoms with E-state index in [1.807, 2.05) is 13.0 Å². The van der Waals surface area contributed by atoms with Crippen LogP contribution in [0.4, 0.5) is 5.69 Å². The Morgan fingerprint density at radius 3 is 2.86 bits per heavy atom. The Morgan fingerprint density at radius 1 is 1.38 bits per heavy atom. The van der Waals surface area contributed by atoms with E-state index in [4.69, 9.17) is 4.74 Å². The molecule has 0 bridgehead atoms. The van der Waals surface area contributed by atoms with Crippen LogP contribution in [0.2, 0.25) is 0 Å². The molecule has 2 rings (SSSR count). The van der Waals surface area contributed by atoms with Crippen molar-refractivity contribution in [2.45, 2.75) is 51.2 Å². The fourth-order valence-electron chi connectivity index (χ4n) is 2.76. The summed E-state index contributed by atoms with van der Waals surface area (Å²) in [7, 11) is 0. The lowest BCUT2D eigenvalue weighted by Crippen LogP contribution is -2.26. The molecule has 0 saturated heterocycles. The number of nitrogens with one attached hydrogen (secondary N) is 1. The van der Waals surface area contributed by atoms with Crippen molar-refractivity contribution in [1.82, 2.24) is 5.32 Å². The van der Waals surface area contributed by atoms with Crippen molar-refractivity contribution in [2.24, 2.45) is 0 Å². The Morgan fingerprint density at radius 2 is 2.14 bits per heavy atom. The lowest BCUT2D eigenvalue weighted by Gasteiger charge is -2.22. The third kappa shape index (κ3) is 5.10. The number of non-ortho nitro benzene ring substituents is 1. The van der Waals surface area contributed by atoms with E-state index in [9.17, 15) is 10.1 Å². The number of ether oxygens (including phenoxy) is 1. The summed E-state index contributed by atoms with van der Waals surface area (Å²) in [5.41, 5.74) is 1.07. The highest BCUT2D eigenvalue weighted by molar-refractivity contribution is 5.35. The lowest BCUT2D eigenvalue weighted by molar-refractivity contribution is -0.384. The summed E-state index contributed by atoms with van der Waals surface area (Å²) in [5.74, 6) is 0. The van der Waals surface area contributed by atoms with Gasteiger partial charge in [-0.25, -0.2) is 0 Å². The van der Waals surface area contributed by atoms with Crippen molar-refractivity contribution in [3.05, 3.63) is 39.9 Å². The molecular formula is C16H24N2O3. The molecule has 0 spiro atoms. The molecule has 1 atom stereocenters. The van der Waals surface area contributed by atoms with Gasteiger partial charge in [-0.1, -0.05) is 31.4 Å². The molecule has 1 aliphatic rings. The zero-order valence-electron chi connectivity index (χ0n) is 12.6. The summed E-state index contributed by atoms with van der Waals surface area (Å²) in [6.45, 7) is 3.48. The molecule has 1 fully saturated rings. The van der Waals surface area contributed by atoms with Gasteiger partial charge < -0.3 is 10.1 Å². The van der Waals surface area contributed by atoms with Crippen LogP contribution in [0.5, 0.6) is 0 Å². The largest absolute Gasteiger partial charge is 0.377 e. The number of hydrogen-bond donors (Lipinski definition) is 1. The predicted octanol–water partition coefficient (Wildman–Crippen LogP) is 3.59. The summed E-state index contributed by atoms with van der Waals surface area (Å²) in [4.78, 5) is 10.4. The third-order valence-corrected chi connectivity index (χ3v) is 4.04. The Labute approximate surface area is 125 Å². The minimum atomic E-state index is -0.359. The van der Waals surface area contributed by atoms with Gasteiger partial charge in [0.15, 0.2) is 0 Å².